The minimum atomic E-state index is 0.0123. The van der Waals surface area contributed by atoms with Gasteiger partial charge in [0.1, 0.15) is 0 Å². The number of hydrogen-bond donors (Lipinski definition) is 1. The van der Waals surface area contributed by atoms with E-state index in [0.29, 0.717) is 11.8 Å². The first-order chi connectivity index (χ1) is 9.01. The van der Waals surface area contributed by atoms with Gasteiger partial charge in [0.2, 0.25) is 0 Å². The fourth-order valence-corrected chi connectivity index (χ4v) is 3.14. The van der Waals surface area contributed by atoms with E-state index in [1.54, 1.807) is 0 Å². The molecule has 1 fully saturated rings. The molecule has 2 nitrogen and oxygen atoms in total. The highest BCUT2D eigenvalue weighted by molar-refractivity contribution is 5.33. The third-order valence-corrected chi connectivity index (χ3v) is 4.58. The Morgan fingerprint density at radius 3 is 2.00 bits per heavy atom. The van der Waals surface area contributed by atoms with E-state index in [9.17, 15) is 5.11 Å². The highest BCUT2D eigenvalue weighted by atomic mass is 16.5. The maximum absolute atomic E-state index is 9.75. The topological polar surface area (TPSA) is 29.5 Å². The molecule has 1 aromatic carbocycles. The summed E-state index contributed by atoms with van der Waals surface area (Å²) in [6.07, 6.45) is 0. The molecular formula is C17H26O2. The fourth-order valence-electron chi connectivity index (χ4n) is 3.14. The Morgan fingerprint density at radius 1 is 1.11 bits per heavy atom. The van der Waals surface area contributed by atoms with Crippen LogP contribution in [0.15, 0.2) is 24.3 Å². The van der Waals surface area contributed by atoms with E-state index < -0.39 is 0 Å². The molecule has 1 unspecified atom stereocenters. The van der Waals surface area contributed by atoms with Crippen LogP contribution < -0.4 is 0 Å². The van der Waals surface area contributed by atoms with Crippen LogP contribution in [0.5, 0.6) is 0 Å². The smallest absolute Gasteiger partial charge is 0.0589 e. The van der Waals surface area contributed by atoms with Gasteiger partial charge in [0, 0.05) is 12.0 Å². The summed E-state index contributed by atoms with van der Waals surface area (Å²) in [4.78, 5) is 0. The third kappa shape index (κ3) is 2.56. The van der Waals surface area contributed by atoms with Crippen LogP contribution in [0.3, 0.4) is 0 Å². The van der Waals surface area contributed by atoms with Gasteiger partial charge in [-0.25, -0.2) is 0 Å². The van der Waals surface area contributed by atoms with Crippen molar-refractivity contribution in [3.05, 3.63) is 35.4 Å². The van der Waals surface area contributed by atoms with Gasteiger partial charge in [-0.05, 0) is 28.9 Å². The number of aliphatic hydroxyl groups excluding tert-OH is 1. The number of hydrogen-bond acceptors (Lipinski definition) is 2. The van der Waals surface area contributed by atoms with Crippen LogP contribution in [0.2, 0.25) is 0 Å². The minimum absolute atomic E-state index is 0.0123. The van der Waals surface area contributed by atoms with Crippen LogP contribution in [0.25, 0.3) is 0 Å². The lowest BCUT2D eigenvalue weighted by Crippen LogP contribution is -2.55. The summed E-state index contributed by atoms with van der Waals surface area (Å²) in [5, 5.41) is 9.75. The summed E-state index contributed by atoms with van der Waals surface area (Å²) in [5.74, 6) is 1.28. The van der Waals surface area contributed by atoms with Crippen molar-refractivity contribution in [2.24, 2.45) is 11.8 Å². The van der Waals surface area contributed by atoms with Crippen LogP contribution >= 0.6 is 0 Å². The van der Waals surface area contributed by atoms with Crippen molar-refractivity contribution in [1.29, 1.82) is 0 Å². The summed E-state index contributed by atoms with van der Waals surface area (Å²) in [6.45, 7) is 10.5. The summed E-state index contributed by atoms with van der Waals surface area (Å²) in [6, 6.07) is 8.88. The monoisotopic (exact) mass is 262 g/mol. The van der Waals surface area contributed by atoms with E-state index >= 15 is 0 Å². The highest BCUT2D eigenvalue weighted by Gasteiger charge is 2.47. The number of rotatable bonds is 5. The summed E-state index contributed by atoms with van der Waals surface area (Å²) < 4.78 is 5.49. The first kappa shape index (κ1) is 14.5. The first-order valence-electron chi connectivity index (χ1n) is 7.30. The lowest BCUT2D eigenvalue weighted by Gasteiger charge is -2.49. The molecule has 1 N–H and O–H groups in total. The molecule has 0 spiro atoms. The second-order valence-electron chi connectivity index (χ2n) is 6.46. The van der Waals surface area contributed by atoms with Crippen molar-refractivity contribution in [3.63, 3.8) is 0 Å². The maximum Gasteiger partial charge on any atom is 0.0589 e. The quantitative estimate of drug-likeness (QED) is 0.882. The molecule has 1 atom stereocenters. The summed E-state index contributed by atoms with van der Waals surface area (Å²) in [7, 11) is 0. The molecule has 0 radical (unpaired) electrons. The molecule has 1 aliphatic rings. The van der Waals surface area contributed by atoms with Crippen molar-refractivity contribution >= 4 is 0 Å². The molecule has 1 heterocycles. The van der Waals surface area contributed by atoms with Gasteiger partial charge < -0.3 is 9.84 Å². The second kappa shape index (κ2) is 5.64. The van der Waals surface area contributed by atoms with E-state index in [2.05, 4.69) is 52.0 Å². The van der Waals surface area contributed by atoms with Gasteiger partial charge in [0.15, 0.2) is 0 Å². The van der Waals surface area contributed by atoms with E-state index in [4.69, 9.17) is 4.74 Å². The standard InChI is InChI=1S/C17H26O2/c1-12(2)14-5-7-15(8-6-14)17(10-19-11-17)16(9-18)13(3)4/h5-8,12-13,16,18H,9-11H2,1-4H3. The zero-order valence-corrected chi connectivity index (χ0v) is 12.5. The van der Waals surface area contributed by atoms with Gasteiger partial charge in [0.05, 0.1) is 13.2 Å². The van der Waals surface area contributed by atoms with E-state index in [1.165, 1.54) is 11.1 Å². The largest absolute Gasteiger partial charge is 0.396 e. The number of aliphatic hydroxyl groups is 1. The molecule has 1 aromatic rings. The molecule has 1 saturated heterocycles. The Morgan fingerprint density at radius 2 is 1.68 bits per heavy atom. The van der Waals surface area contributed by atoms with Crippen LogP contribution in [0.1, 0.15) is 44.7 Å². The average Bonchev–Trinajstić information content (AvgIpc) is 2.33. The van der Waals surface area contributed by atoms with Gasteiger partial charge in [-0.3, -0.25) is 0 Å². The summed E-state index contributed by atoms with van der Waals surface area (Å²) in [5.41, 5.74) is 2.69. The zero-order chi connectivity index (χ0) is 14.0. The van der Waals surface area contributed by atoms with Crippen LogP contribution in [-0.2, 0) is 10.2 Å². The Kier molecular flexibility index (Phi) is 4.32. The fraction of sp³-hybridized carbons (Fsp3) is 0.647. The molecule has 106 valence electrons. The van der Waals surface area contributed by atoms with Crippen molar-refractivity contribution in [1.82, 2.24) is 0 Å². The van der Waals surface area contributed by atoms with Gasteiger partial charge >= 0.3 is 0 Å². The second-order valence-corrected chi connectivity index (χ2v) is 6.46. The SMILES string of the molecule is CC(C)c1ccc(C2(C(CO)C(C)C)COC2)cc1. The van der Waals surface area contributed by atoms with Crippen molar-refractivity contribution in [2.45, 2.75) is 39.0 Å². The molecule has 1 aliphatic heterocycles. The van der Waals surface area contributed by atoms with E-state index in [-0.39, 0.29) is 17.9 Å². The zero-order valence-electron chi connectivity index (χ0n) is 12.5. The Labute approximate surface area is 116 Å². The molecule has 0 bridgehead atoms. The predicted octanol–water partition coefficient (Wildman–Crippen LogP) is 3.34. The molecule has 0 aliphatic carbocycles. The minimum Gasteiger partial charge on any atom is -0.396 e. The maximum atomic E-state index is 9.75. The average molecular weight is 262 g/mol. The van der Waals surface area contributed by atoms with Gasteiger partial charge in [-0.15, -0.1) is 0 Å². The first-order valence-corrected chi connectivity index (χ1v) is 7.30. The van der Waals surface area contributed by atoms with Gasteiger partial charge in [0.25, 0.3) is 0 Å². The Hall–Kier alpha value is -0.860. The van der Waals surface area contributed by atoms with Crippen molar-refractivity contribution < 1.29 is 9.84 Å². The number of benzene rings is 1. The third-order valence-electron chi connectivity index (χ3n) is 4.58. The molecule has 0 aromatic heterocycles. The predicted molar refractivity (Wildman–Crippen MR) is 78.4 cm³/mol. The molecular weight excluding hydrogens is 236 g/mol. The number of ether oxygens (including phenoxy) is 1. The molecule has 2 rings (SSSR count). The Balaban J connectivity index is 2.30. The lowest BCUT2D eigenvalue weighted by atomic mass is 9.65. The van der Waals surface area contributed by atoms with E-state index in [0.717, 1.165) is 13.2 Å². The van der Waals surface area contributed by atoms with Gasteiger partial charge in [-0.2, -0.15) is 0 Å². The van der Waals surface area contributed by atoms with Gasteiger partial charge in [-0.1, -0.05) is 52.0 Å². The normalized spacial score (nSPS) is 19.5. The summed E-state index contributed by atoms with van der Waals surface area (Å²) >= 11 is 0. The van der Waals surface area contributed by atoms with Crippen LogP contribution in [0.4, 0.5) is 0 Å². The molecule has 19 heavy (non-hydrogen) atoms. The van der Waals surface area contributed by atoms with Crippen LogP contribution in [0, 0.1) is 11.8 Å². The van der Waals surface area contributed by atoms with Crippen molar-refractivity contribution in [2.75, 3.05) is 19.8 Å². The Bertz CT molecular complexity index is 402. The lowest BCUT2D eigenvalue weighted by molar-refractivity contribution is -0.111. The highest BCUT2D eigenvalue weighted by Crippen LogP contribution is 2.43. The molecule has 0 amide bonds. The molecule has 2 heteroatoms. The van der Waals surface area contributed by atoms with E-state index in [1.807, 2.05) is 0 Å². The molecule has 0 saturated carbocycles. The van der Waals surface area contributed by atoms with Crippen molar-refractivity contribution in [3.8, 4) is 0 Å². The van der Waals surface area contributed by atoms with Crippen LogP contribution in [-0.4, -0.2) is 24.9 Å².